The molecule has 2 aliphatic heterocycles. The van der Waals surface area contributed by atoms with E-state index in [0.29, 0.717) is 67.9 Å². The number of carbonyl (C=O) groups excluding carboxylic acids is 2. The van der Waals surface area contributed by atoms with Crippen molar-refractivity contribution in [1.82, 2.24) is 10.1 Å². The summed E-state index contributed by atoms with van der Waals surface area (Å²) >= 11 is 0. The molecule has 0 atom stereocenters. The average molecular weight is 400 g/mol. The molecule has 29 heavy (non-hydrogen) atoms. The van der Waals surface area contributed by atoms with Crippen molar-refractivity contribution in [3.05, 3.63) is 30.0 Å². The van der Waals surface area contributed by atoms with Crippen molar-refractivity contribution in [3.63, 3.8) is 0 Å². The second-order valence-corrected chi connectivity index (χ2v) is 7.22. The lowest BCUT2D eigenvalue weighted by Crippen LogP contribution is -2.43. The number of amides is 3. The smallest absolute Gasteiger partial charge is 0.321 e. The predicted molar refractivity (Wildman–Crippen MR) is 105 cm³/mol. The summed E-state index contributed by atoms with van der Waals surface area (Å²) in [7, 11) is 0. The van der Waals surface area contributed by atoms with Crippen LogP contribution in [0.5, 0.6) is 11.5 Å². The highest BCUT2D eigenvalue weighted by Gasteiger charge is 2.28. The minimum atomic E-state index is -0.189. The molecular formula is C20H24N4O5. The predicted octanol–water partition coefficient (Wildman–Crippen LogP) is 3.03. The Morgan fingerprint density at radius 2 is 1.83 bits per heavy atom. The highest BCUT2D eigenvalue weighted by Crippen LogP contribution is 2.32. The molecule has 3 amide bonds. The zero-order valence-corrected chi connectivity index (χ0v) is 16.3. The van der Waals surface area contributed by atoms with Crippen LogP contribution >= 0.6 is 0 Å². The van der Waals surface area contributed by atoms with E-state index in [1.165, 1.54) is 0 Å². The summed E-state index contributed by atoms with van der Waals surface area (Å²) in [5, 5.41) is 9.44. The van der Waals surface area contributed by atoms with E-state index in [9.17, 15) is 9.59 Å². The lowest BCUT2D eigenvalue weighted by Gasteiger charge is -2.31. The molecule has 154 valence electrons. The van der Waals surface area contributed by atoms with Crippen molar-refractivity contribution >= 4 is 23.4 Å². The largest absolute Gasteiger partial charge is 0.490 e. The molecule has 1 aromatic carbocycles. The molecule has 0 aliphatic carbocycles. The van der Waals surface area contributed by atoms with Gasteiger partial charge in [0.15, 0.2) is 17.3 Å². The van der Waals surface area contributed by atoms with Crippen molar-refractivity contribution in [2.24, 2.45) is 5.92 Å². The topological polar surface area (TPSA) is 106 Å². The number of hydrogen-bond donors (Lipinski definition) is 2. The van der Waals surface area contributed by atoms with Crippen molar-refractivity contribution in [2.45, 2.75) is 26.2 Å². The number of nitrogens with one attached hydrogen (secondary N) is 2. The number of urea groups is 1. The van der Waals surface area contributed by atoms with Gasteiger partial charge in [-0.15, -0.1) is 0 Å². The summed E-state index contributed by atoms with van der Waals surface area (Å²) in [4.78, 5) is 26.7. The number of carbonyl (C=O) groups is 2. The third kappa shape index (κ3) is 4.61. The first kappa shape index (κ1) is 19.1. The summed E-state index contributed by atoms with van der Waals surface area (Å²) in [6.07, 6.45) is 2.02. The number of rotatable bonds is 3. The van der Waals surface area contributed by atoms with Gasteiger partial charge in [0.05, 0.1) is 13.2 Å². The summed E-state index contributed by atoms with van der Waals surface area (Å²) in [5.41, 5.74) is 0.653. The number of aromatic nitrogens is 1. The van der Waals surface area contributed by atoms with E-state index in [-0.39, 0.29) is 17.9 Å². The van der Waals surface area contributed by atoms with Gasteiger partial charge in [0.25, 0.3) is 0 Å². The summed E-state index contributed by atoms with van der Waals surface area (Å²) in [6.45, 7) is 3.99. The van der Waals surface area contributed by atoms with Crippen LogP contribution in [-0.4, -0.2) is 48.3 Å². The zero-order chi connectivity index (χ0) is 20.2. The number of piperidine rings is 1. The first-order chi connectivity index (χ1) is 14.1. The van der Waals surface area contributed by atoms with Crippen LogP contribution in [0.25, 0.3) is 0 Å². The van der Waals surface area contributed by atoms with Gasteiger partial charge in [-0.1, -0.05) is 5.16 Å². The maximum absolute atomic E-state index is 12.6. The molecule has 2 aromatic rings. The second kappa shape index (κ2) is 8.42. The Kier molecular flexibility index (Phi) is 5.55. The fraction of sp³-hybridized carbons (Fsp3) is 0.450. The highest BCUT2D eigenvalue weighted by molar-refractivity contribution is 5.92. The number of ether oxygens (including phenoxy) is 2. The normalized spacial score (nSPS) is 16.8. The Morgan fingerprint density at radius 3 is 2.55 bits per heavy atom. The van der Waals surface area contributed by atoms with Gasteiger partial charge in [-0.2, -0.15) is 0 Å². The molecule has 0 saturated carbocycles. The highest BCUT2D eigenvalue weighted by atomic mass is 16.5. The quantitative estimate of drug-likeness (QED) is 0.820. The molecule has 1 aromatic heterocycles. The molecular weight excluding hydrogens is 376 g/mol. The average Bonchev–Trinajstić information content (AvgIpc) is 2.99. The lowest BCUT2D eigenvalue weighted by atomic mass is 9.96. The number of likely N-dealkylation sites (tertiary alicyclic amines) is 1. The number of benzene rings is 1. The molecule has 0 radical (unpaired) electrons. The number of fused-ring (bicyclic) bond motifs is 1. The van der Waals surface area contributed by atoms with Crippen molar-refractivity contribution in [3.8, 4) is 11.5 Å². The third-order valence-electron chi connectivity index (χ3n) is 5.03. The molecule has 1 saturated heterocycles. The fourth-order valence-corrected chi connectivity index (χ4v) is 3.44. The molecule has 9 heteroatoms. The third-order valence-corrected chi connectivity index (χ3v) is 5.03. The van der Waals surface area contributed by atoms with Crippen LogP contribution in [-0.2, 0) is 4.79 Å². The summed E-state index contributed by atoms with van der Waals surface area (Å²) in [5.74, 6) is 2.13. The number of hydrogen-bond acceptors (Lipinski definition) is 6. The monoisotopic (exact) mass is 400 g/mol. The molecule has 2 aliphatic rings. The SMILES string of the molecule is Cc1cc(NC(=O)C2CCN(C(=O)Nc3ccc4c(c3)OCCCO4)CC2)no1. The lowest BCUT2D eigenvalue weighted by molar-refractivity contribution is -0.121. The molecule has 0 spiro atoms. The Bertz CT molecular complexity index is 889. The van der Waals surface area contributed by atoms with Gasteiger partial charge in [-0.25, -0.2) is 4.79 Å². The number of anilines is 2. The minimum absolute atomic E-state index is 0.0961. The van der Waals surface area contributed by atoms with Crippen LogP contribution in [0.15, 0.2) is 28.8 Å². The van der Waals surface area contributed by atoms with Crippen LogP contribution < -0.4 is 20.1 Å². The van der Waals surface area contributed by atoms with E-state index in [4.69, 9.17) is 14.0 Å². The standard InChI is InChI=1S/C20H24N4O5/c1-13-11-18(23-29-13)22-19(25)14-5-7-24(8-6-14)20(26)21-15-3-4-16-17(12-15)28-10-2-9-27-16/h3-4,11-12,14H,2,5-10H2,1H3,(H,21,26)(H,22,23,25). The summed E-state index contributed by atoms with van der Waals surface area (Å²) < 4.78 is 16.2. The van der Waals surface area contributed by atoms with Gasteiger partial charge in [0.1, 0.15) is 5.76 Å². The van der Waals surface area contributed by atoms with Gasteiger partial charge in [0.2, 0.25) is 5.91 Å². The first-order valence-electron chi connectivity index (χ1n) is 9.78. The molecule has 9 nitrogen and oxygen atoms in total. The van der Waals surface area contributed by atoms with Crippen LogP contribution in [0.3, 0.4) is 0 Å². The van der Waals surface area contributed by atoms with Crippen molar-refractivity contribution in [1.29, 1.82) is 0 Å². The van der Waals surface area contributed by atoms with Crippen LogP contribution in [0.4, 0.5) is 16.3 Å². The molecule has 0 unspecified atom stereocenters. The molecule has 0 bridgehead atoms. The van der Waals surface area contributed by atoms with Crippen LogP contribution in [0.2, 0.25) is 0 Å². The molecule has 2 N–H and O–H groups in total. The maximum atomic E-state index is 12.6. The van der Waals surface area contributed by atoms with E-state index in [1.54, 1.807) is 36.1 Å². The van der Waals surface area contributed by atoms with Crippen molar-refractivity contribution in [2.75, 3.05) is 36.9 Å². The van der Waals surface area contributed by atoms with E-state index in [2.05, 4.69) is 15.8 Å². The van der Waals surface area contributed by atoms with E-state index in [0.717, 1.165) is 6.42 Å². The summed E-state index contributed by atoms with van der Waals surface area (Å²) in [6, 6.07) is 6.86. The zero-order valence-electron chi connectivity index (χ0n) is 16.3. The molecule has 4 rings (SSSR count). The fourth-order valence-electron chi connectivity index (χ4n) is 3.44. The van der Waals surface area contributed by atoms with Gasteiger partial charge >= 0.3 is 6.03 Å². The second-order valence-electron chi connectivity index (χ2n) is 7.22. The van der Waals surface area contributed by atoms with E-state index >= 15 is 0 Å². The van der Waals surface area contributed by atoms with Crippen LogP contribution in [0.1, 0.15) is 25.0 Å². The minimum Gasteiger partial charge on any atom is -0.490 e. The number of aryl methyl sites for hydroxylation is 1. The van der Waals surface area contributed by atoms with Gasteiger partial charge in [-0.3, -0.25) is 4.79 Å². The Hall–Kier alpha value is -3.23. The van der Waals surface area contributed by atoms with Gasteiger partial charge < -0.3 is 29.5 Å². The van der Waals surface area contributed by atoms with Crippen molar-refractivity contribution < 1.29 is 23.6 Å². The Labute approximate surface area is 168 Å². The van der Waals surface area contributed by atoms with E-state index < -0.39 is 0 Å². The number of nitrogens with zero attached hydrogens (tertiary/aromatic N) is 2. The first-order valence-corrected chi connectivity index (χ1v) is 9.78. The maximum Gasteiger partial charge on any atom is 0.321 e. The van der Waals surface area contributed by atoms with Crippen LogP contribution in [0, 0.1) is 12.8 Å². The Morgan fingerprint density at radius 1 is 1.07 bits per heavy atom. The van der Waals surface area contributed by atoms with Gasteiger partial charge in [0, 0.05) is 43.2 Å². The van der Waals surface area contributed by atoms with E-state index in [1.807, 2.05) is 0 Å². The molecule has 1 fully saturated rings. The van der Waals surface area contributed by atoms with Gasteiger partial charge in [-0.05, 0) is 31.9 Å². The molecule has 3 heterocycles. The Balaban J connectivity index is 1.29.